The third-order valence-corrected chi connectivity index (χ3v) is 4.62. The second-order valence-electron chi connectivity index (χ2n) is 5.12. The molecule has 2 rings (SSSR count). The highest BCUT2D eigenvalue weighted by molar-refractivity contribution is 7.98. The monoisotopic (exact) mass is 256 g/mol. The molecular weight excluding hydrogens is 236 g/mol. The Balaban J connectivity index is 2.16. The quantitative estimate of drug-likeness (QED) is 0.784. The number of hydrogen-bond donors (Lipinski definition) is 1. The number of carbonyl (C=O) groups is 2. The summed E-state index contributed by atoms with van der Waals surface area (Å²) in [4.78, 5) is 25.7. The molecule has 2 aliphatic rings. The topological polar surface area (TPSA) is 49.4 Å². The zero-order chi connectivity index (χ0) is 12.5. The number of carbonyl (C=O) groups excluding carboxylic acids is 2. The lowest BCUT2D eigenvalue weighted by Gasteiger charge is -2.40. The van der Waals surface area contributed by atoms with Crippen LogP contribution in [0, 0.1) is 5.92 Å². The summed E-state index contributed by atoms with van der Waals surface area (Å²) in [5.74, 6) is 1.49. The van der Waals surface area contributed by atoms with Crippen molar-refractivity contribution in [3.63, 3.8) is 0 Å². The average Bonchev–Trinajstić information content (AvgIpc) is 2.53. The standard InChI is InChI=1S/C12H20N2O2S/c1-9-3-5-12(6-4-9)10(15)13-11(16)14(12)7-8-17-2/h9H,3-8H2,1-2H3,(H,13,15,16). The summed E-state index contributed by atoms with van der Waals surface area (Å²) in [6, 6.07) is -0.196. The molecule has 1 heterocycles. The second kappa shape index (κ2) is 4.88. The molecule has 0 radical (unpaired) electrons. The molecule has 0 aromatic carbocycles. The minimum absolute atomic E-state index is 0.0736. The van der Waals surface area contributed by atoms with Crippen LogP contribution in [-0.2, 0) is 4.79 Å². The normalized spacial score (nSPS) is 33.3. The number of amides is 3. The van der Waals surface area contributed by atoms with Gasteiger partial charge in [0.1, 0.15) is 5.54 Å². The molecule has 4 nitrogen and oxygen atoms in total. The predicted molar refractivity (Wildman–Crippen MR) is 69.0 cm³/mol. The molecule has 3 amide bonds. The molecule has 1 aliphatic heterocycles. The van der Waals surface area contributed by atoms with E-state index in [1.807, 2.05) is 6.26 Å². The van der Waals surface area contributed by atoms with Crippen LogP contribution in [0.2, 0.25) is 0 Å². The maximum atomic E-state index is 12.1. The van der Waals surface area contributed by atoms with Crippen molar-refractivity contribution in [1.82, 2.24) is 10.2 Å². The van der Waals surface area contributed by atoms with Gasteiger partial charge in [-0.1, -0.05) is 6.92 Å². The highest BCUT2D eigenvalue weighted by atomic mass is 32.2. The van der Waals surface area contributed by atoms with Gasteiger partial charge in [-0.25, -0.2) is 4.79 Å². The van der Waals surface area contributed by atoms with Crippen LogP contribution in [0.3, 0.4) is 0 Å². The Kier molecular flexibility index (Phi) is 3.66. The minimum atomic E-state index is -0.528. The molecule has 2 fully saturated rings. The van der Waals surface area contributed by atoms with Crippen molar-refractivity contribution in [2.75, 3.05) is 18.6 Å². The summed E-state index contributed by atoms with van der Waals surface area (Å²) in [7, 11) is 0. The molecule has 0 aromatic heterocycles. The number of urea groups is 1. The van der Waals surface area contributed by atoms with Crippen molar-refractivity contribution in [2.45, 2.75) is 38.1 Å². The molecule has 1 aliphatic carbocycles. The smallest absolute Gasteiger partial charge is 0.309 e. The maximum Gasteiger partial charge on any atom is 0.325 e. The van der Waals surface area contributed by atoms with Gasteiger partial charge in [0.25, 0.3) is 5.91 Å². The van der Waals surface area contributed by atoms with Crippen LogP contribution in [0.1, 0.15) is 32.6 Å². The van der Waals surface area contributed by atoms with Crippen molar-refractivity contribution in [1.29, 1.82) is 0 Å². The molecule has 1 saturated carbocycles. The Morgan fingerprint density at radius 2 is 2.06 bits per heavy atom. The largest absolute Gasteiger partial charge is 0.325 e. The Morgan fingerprint density at radius 1 is 1.41 bits per heavy atom. The highest BCUT2D eigenvalue weighted by Gasteiger charge is 2.53. The number of hydrogen-bond acceptors (Lipinski definition) is 3. The molecule has 1 saturated heterocycles. The number of thioether (sulfide) groups is 1. The van der Waals surface area contributed by atoms with Crippen molar-refractivity contribution < 1.29 is 9.59 Å². The van der Waals surface area contributed by atoms with Crippen LogP contribution >= 0.6 is 11.8 Å². The van der Waals surface area contributed by atoms with E-state index < -0.39 is 5.54 Å². The number of rotatable bonds is 3. The SMILES string of the molecule is CSCCN1C(=O)NC(=O)C12CCC(C)CC2. The fourth-order valence-corrected chi connectivity index (χ4v) is 3.20. The van der Waals surface area contributed by atoms with Gasteiger partial charge in [-0.3, -0.25) is 10.1 Å². The first-order chi connectivity index (χ1) is 8.10. The molecule has 0 aromatic rings. The summed E-state index contributed by atoms with van der Waals surface area (Å²) in [5.41, 5.74) is -0.528. The molecule has 1 spiro atoms. The zero-order valence-corrected chi connectivity index (χ0v) is 11.3. The van der Waals surface area contributed by atoms with Gasteiger partial charge in [0, 0.05) is 12.3 Å². The van der Waals surface area contributed by atoms with Crippen LogP contribution in [0.25, 0.3) is 0 Å². The first-order valence-electron chi connectivity index (χ1n) is 6.22. The van der Waals surface area contributed by atoms with Gasteiger partial charge in [0.05, 0.1) is 0 Å². The number of nitrogens with zero attached hydrogens (tertiary/aromatic N) is 1. The lowest BCUT2D eigenvalue weighted by molar-refractivity contribution is -0.128. The minimum Gasteiger partial charge on any atom is -0.309 e. The van der Waals surface area contributed by atoms with Crippen molar-refractivity contribution in [3.05, 3.63) is 0 Å². The molecule has 96 valence electrons. The van der Waals surface area contributed by atoms with E-state index in [2.05, 4.69) is 12.2 Å². The molecule has 0 unspecified atom stereocenters. The van der Waals surface area contributed by atoms with Gasteiger partial charge in [-0.05, 0) is 37.9 Å². The Labute approximate surface area is 106 Å². The fraction of sp³-hybridized carbons (Fsp3) is 0.833. The Bertz CT molecular complexity index is 324. The molecule has 5 heteroatoms. The van der Waals surface area contributed by atoms with Crippen LogP contribution in [0.4, 0.5) is 4.79 Å². The summed E-state index contributed by atoms with van der Waals surface area (Å²) >= 11 is 1.71. The summed E-state index contributed by atoms with van der Waals surface area (Å²) in [6.45, 7) is 2.89. The van der Waals surface area contributed by atoms with E-state index >= 15 is 0 Å². The maximum absolute atomic E-state index is 12.1. The van der Waals surface area contributed by atoms with Crippen LogP contribution in [0.5, 0.6) is 0 Å². The second-order valence-corrected chi connectivity index (χ2v) is 6.10. The fourth-order valence-electron chi connectivity index (χ4n) is 2.83. The molecule has 0 atom stereocenters. The van der Waals surface area contributed by atoms with Gasteiger partial charge in [-0.15, -0.1) is 0 Å². The average molecular weight is 256 g/mol. The van der Waals surface area contributed by atoms with Gasteiger partial charge >= 0.3 is 6.03 Å². The van der Waals surface area contributed by atoms with Gasteiger partial charge in [-0.2, -0.15) is 11.8 Å². The van der Waals surface area contributed by atoms with Gasteiger partial charge in [0.2, 0.25) is 0 Å². The molecule has 1 N–H and O–H groups in total. The zero-order valence-electron chi connectivity index (χ0n) is 10.5. The third-order valence-electron chi connectivity index (χ3n) is 4.03. The summed E-state index contributed by atoms with van der Waals surface area (Å²) in [5, 5.41) is 2.49. The third kappa shape index (κ3) is 2.17. The van der Waals surface area contributed by atoms with Crippen LogP contribution in [-0.4, -0.2) is 40.9 Å². The molecule has 17 heavy (non-hydrogen) atoms. The van der Waals surface area contributed by atoms with E-state index in [0.717, 1.165) is 31.4 Å². The van der Waals surface area contributed by atoms with E-state index in [0.29, 0.717) is 12.5 Å². The first-order valence-corrected chi connectivity index (χ1v) is 7.61. The first kappa shape index (κ1) is 12.7. The van der Waals surface area contributed by atoms with E-state index in [1.165, 1.54) is 0 Å². The van der Waals surface area contributed by atoms with Crippen LogP contribution < -0.4 is 5.32 Å². The Hall–Kier alpha value is -0.710. The van der Waals surface area contributed by atoms with E-state index in [1.54, 1.807) is 16.7 Å². The predicted octanol–water partition coefficient (Wildman–Crippen LogP) is 1.85. The highest BCUT2D eigenvalue weighted by Crippen LogP contribution is 2.39. The number of nitrogens with one attached hydrogen (secondary N) is 1. The number of imide groups is 1. The Morgan fingerprint density at radius 3 is 2.65 bits per heavy atom. The summed E-state index contributed by atoms with van der Waals surface area (Å²) in [6.07, 6.45) is 5.73. The van der Waals surface area contributed by atoms with Crippen molar-refractivity contribution in [2.24, 2.45) is 5.92 Å². The lowest BCUT2D eigenvalue weighted by Crippen LogP contribution is -2.52. The van der Waals surface area contributed by atoms with E-state index in [9.17, 15) is 9.59 Å². The lowest BCUT2D eigenvalue weighted by atomic mass is 9.76. The molecular formula is C12H20N2O2S. The van der Waals surface area contributed by atoms with Gasteiger partial charge in [0.15, 0.2) is 0 Å². The molecule has 0 bridgehead atoms. The van der Waals surface area contributed by atoms with Crippen LogP contribution in [0.15, 0.2) is 0 Å². The van der Waals surface area contributed by atoms with E-state index in [4.69, 9.17) is 0 Å². The van der Waals surface area contributed by atoms with Crippen molar-refractivity contribution >= 4 is 23.7 Å². The summed E-state index contributed by atoms with van der Waals surface area (Å²) < 4.78 is 0. The van der Waals surface area contributed by atoms with Gasteiger partial charge < -0.3 is 4.90 Å². The van der Waals surface area contributed by atoms with Crippen molar-refractivity contribution in [3.8, 4) is 0 Å². The van der Waals surface area contributed by atoms with E-state index in [-0.39, 0.29) is 11.9 Å².